The van der Waals surface area contributed by atoms with Gasteiger partial charge in [-0.05, 0) is 26.3 Å². The van der Waals surface area contributed by atoms with Crippen LogP contribution in [0.5, 0.6) is 0 Å². The van der Waals surface area contributed by atoms with Gasteiger partial charge in [-0.3, -0.25) is 4.98 Å². The lowest BCUT2D eigenvalue weighted by Gasteiger charge is -2.30. The summed E-state index contributed by atoms with van der Waals surface area (Å²) in [5.74, 6) is 0. The maximum atomic E-state index is 6.15. The first-order valence-corrected chi connectivity index (χ1v) is 6.55. The smallest absolute Gasteiger partial charge is 0.0745 e. The van der Waals surface area contributed by atoms with E-state index in [0.717, 1.165) is 35.2 Å². The maximum Gasteiger partial charge on any atom is 0.0745 e. The summed E-state index contributed by atoms with van der Waals surface area (Å²) < 4.78 is 0. The Kier molecular flexibility index (Phi) is 3.70. The fourth-order valence-corrected chi connectivity index (χ4v) is 2.33. The van der Waals surface area contributed by atoms with Gasteiger partial charge in [-0.2, -0.15) is 0 Å². The highest BCUT2D eigenvalue weighted by atomic mass is 15.2. The second-order valence-corrected chi connectivity index (χ2v) is 4.87. The van der Waals surface area contributed by atoms with Gasteiger partial charge in [0.25, 0.3) is 0 Å². The molecule has 3 nitrogen and oxygen atoms in total. The number of benzene rings is 1. The van der Waals surface area contributed by atoms with Gasteiger partial charge in [0.05, 0.1) is 23.1 Å². The molecule has 0 spiro atoms. The first-order chi connectivity index (χ1) is 8.65. The van der Waals surface area contributed by atoms with E-state index in [-0.39, 0.29) is 0 Å². The number of anilines is 2. The zero-order valence-electron chi connectivity index (χ0n) is 11.4. The van der Waals surface area contributed by atoms with E-state index >= 15 is 0 Å². The van der Waals surface area contributed by atoms with Gasteiger partial charge in [0.2, 0.25) is 0 Å². The third-order valence-electron chi connectivity index (χ3n) is 3.15. The van der Waals surface area contributed by atoms with Crippen LogP contribution in [0.2, 0.25) is 0 Å². The highest BCUT2D eigenvalue weighted by molar-refractivity contribution is 5.97. The summed E-state index contributed by atoms with van der Waals surface area (Å²) in [5, 5.41) is 1.14. The van der Waals surface area contributed by atoms with Crippen LogP contribution in [-0.4, -0.2) is 17.6 Å². The summed E-state index contributed by atoms with van der Waals surface area (Å²) >= 11 is 0. The average Bonchev–Trinajstić information content (AvgIpc) is 2.36. The van der Waals surface area contributed by atoms with Crippen molar-refractivity contribution in [1.82, 2.24) is 4.98 Å². The molecule has 2 rings (SSSR count). The van der Waals surface area contributed by atoms with Gasteiger partial charge >= 0.3 is 0 Å². The van der Waals surface area contributed by atoms with Crippen molar-refractivity contribution in [3.05, 3.63) is 30.5 Å². The summed E-state index contributed by atoms with van der Waals surface area (Å²) in [6, 6.07) is 8.60. The van der Waals surface area contributed by atoms with Crippen molar-refractivity contribution >= 4 is 22.3 Å². The topological polar surface area (TPSA) is 42.1 Å². The van der Waals surface area contributed by atoms with E-state index in [4.69, 9.17) is 5.73 Å². The number of pyridine rings is 1. The van der Waals surface area contributed by atoms with Crippen molar-refractivity contribution in [3.8, 4) is 0 Å². The Morgan fingerprint density at radius 3 is 2.67 bits per heavy atom. The molecule has 96 valence electrons. The van der Waals surface area contributed by atoms with Gasteiger partial charge in [0.15, 0.2) is 0 Å². The van der Waals surface area contributed by atoms with Crippen molar-refractivity contribution in [2.75, 3.05) is 17.2 Å². The van der Waals surface area contributed by atoms with E-state index in [1.54, 1.807) is 6.20 Å². The van der Waals surface area contributed by atoms with Crippen LogP contribution in [0, 0.1) is 0 Å². The Bertz CT molecular complexity index is 534. The summed E-state index contributed by atoms with van der Waals surface area (Å²) in [7, 11) is 0. The van der Waals surface area contributed by atoms with E-state index in [1.807, 2.05) is 18.2 Å². The molecule has 2 aromatic rings. The van der Waals surface area contributed by atoms with Crippen LogP contribution >= 0.6 is 0 Å². The molecule has 1 heterocycles. The molecule has 0 saturated heterocycles. The number of hydrogen-bond donors (Lipinski definition) is 1. The molecule has 3 heteroatoms. The second-order valence-electron chi connectivity index (χ2n) is 4.87. The lowest BCUT2D eigenvalue weighted by Crippen LogP contribution is -2.32. The molecule has 0 unspecified atom stereocenters. The van der Waals surface area contributed by atoms with Gasteiger partial charge in [-0.1, -0.05) is 25.1 Å². The summed E-state index contributed by atoms with van der Waals surface area (Å²) in [6.07, 6.45) is 2.87. The van der Waals surface area contributed by atoms with Crippen LogP contribution in [-0.2, 0) is 0 Å². The highest BCUT2D eigenvalue weighted by Gasteiger charge is 2.16. The molecule has 0 atom stereocenters. The van der Waals surface area contributed by atoms with Gasteiger partial charge in [0.1, 0.15) is 0 Å². The van der Waals surface area contributed by atoms with E-state index in [9.17, 15) is 0 Å². The highest BCUT2D eigenvalue weighted by Crippen LogP contribution is 2.32. The molecule has 1 aromatic carbocycles. The Labute approximate surface area is 109 Å². The molecular formula is C15H21N3. The zero-order chi connectivity index (χ0) is 13.1. The normalized spacial score (nSPS) is 11.1. The van der Waals surface area contributed by atoms with E-state index in [1.165, 1.54) is 0 Å². The standard InChI is InChI=1S/C15H21N3/c1-4-9-18(11(2)3)15-12-7-5-6-8-14(12)17-10-13(15)16/h5-8,10-11H,4,9,16H2,1-3H3. The number of hydrogen-bond acceptors (Lipinski definition) is 3. The predicted octanol–water partition coefficient (Wildman–Crippen LogP) is 3.44. The molecule has 0 radical (unpaired) electrons. The van der Waals surface area contributed by atoms with Crippen LogP contribution in [0.25, 0.3) is 10.9 Å². The molecule has 18 heavy (non-hydrogen) atoms. The Morgan fingerprint density at radius 1 is 1.28 bits per heavy atom. The van der Waals surface area contributed by atoms with Gasteiger partial charge < -0.3 is 10.6 Å². The number of nitrogen functional groups attached to an aromatic ring is 1. The number of para-hydroxylation sites is 1. The number of rotatable bonds is 4. The summed E-state index contributed by atoms with van der Waals surface area (Å²) in [5.41, 5.74) is 9.04. The molecule has 0 amide bonds. The van der Waals surface area contributed by atoms with Gasteiger partial charge in [-0.25, -0.2) is 0 Å². The van der Waals surface area contributed by atoms with Gasteiger partial charge in [-0.15, -0.1) is 0 Å². The number of nitrogens with two attached hydrogens (primary N) is 1. The number of fused-ring (bicyclic) bond motifs is 1. The van der Waals surface area contributed by atoms with Crippen molar-refractivity contribution in [3.63, 3.8) is 0 Å². The minimum absolute atomic E-state index is 0.429. The van der Waals surface area contributed by atoms with Crippen molar-refractivity contribution in [1.29, 1.82) is 0 Å². The van der Waals surface area contributed by atoms with Gasteiger partial charge in [0, 0.05) is 18.0 Å². The first kappa shape index (κ1) is 12.7. The molecule has 0 aliphatic heterocycles. The lowest BCUT2D eigenvalue weighted by molar-refractivity contribution is 0.674. The summed E-state index contributed by atoms with van der Waals surface area (Å²) in [6.45, 7) is 7.60. The molecular weight excluding hydrogens is 222 g/mol. The third-order valence-corrected chi connectivity index (χ3v) is 3.15. The zero-order valence-corrected chi connectivity index (χ0v) is 11.4. The minimum atomic E-state index is 0.429. The van der Waals surface area contributed by atoms with E-state index < -0.39 is 0 Å². The quantitative estimate of drug-likeness (QED) is 0.894. The minimum Gasteiger partial charge on any atom is -0.396 e. The second kappa shape index (κ2) is 5.25. The van der Waals surface area contributed by atoms with E-state index in [2.05, 4.69) is 36.7 Å². The fourth-order valence-electron chi connectivity index (χ4n) is 2.33. The lowest BCUT2D eigenvalue weighted by atomic mass is 10.1. The van der Waals surface area contributed by atoms with Crippen LogP contribution in [0.1, 0.15) is 27.2 Å². The van der Waals surface area contributed by atoms with Crippen molar-refractivity contribution in [2.24, 2.45) is 0 Å². The first-order valence-electron chi connectivity index (χ1n) is 6.55. The molecule has 0 bridgehead atoms. The van der Waals surface area contributed by atoms with E-state index in [0.29, 0.717) is 6.04 Å². The summed E-state index contributed by atoms with van der Waals surface area (Å²) in [4.78, 5) is 6.75. The Balaban J connectivity index is 2.63. The molecule has 1 aromatic heterocycles. The molecule has 2 N–H and O–H groups in total. The predicted molar refractivity (Wildman–Crippen MR) is 78.9 cm³/mol. The fraction of sp³-hybridized carbons (Fsp3) is 0.400. The third kappa shape index (κ3) is 2.26. The molecule has 0 aliphatic rings. The van der Waals surface area contributed by atoms with Crippen molar-refractivity contribution < 1.29 is 0 Å². The average molecular weight is 243 g/mol. The van der Waals surface area contributed by atoms with Crippen LogP contribution < -0.4 is 10.6 Å². The molecule has 0 fully saturated rings. The molecule has 0 saturated carbocycles. The number of aromatic nitrogens is 1. The largest absolute Gasteiger partial charge is 0.396 e. The van der Waals surface area contributed by atoms with Crippen molar-refractivity contribution in [2.45, 2.75) is 33.2 Å². The SMILES string of the molecule is CCCN(c1c(N)cnc2ccccc12)C(C)C. The molecule has 0 aliphatic carbocycles. The van der Waals surface area contributed by atoms with Crippen LogP contribution in [0.3, 0.4) is 0 Å². The number of nitrogens with zero attached hydrogens (tertiary/aromatic N) is 2. The van der Waals surface area contributed by atoms with Crippen LogP contribution in [0.15, 0.2) is 30.5 Å². The Morgan fingerprint density at radius 2 is 2.00 bits per heavy atom. The maximum absolute atomic E-state index is 6.15. The Hall–Kier alpha value is -1.77. The monoisotopic (exact) mass is 243 g/mol. The van der Waals surface area contributed by atoms with Crippen LogP contribution in [0.4, 0.5) is 11.4 Å².